The third-order valence-corrected chi connectivity index (χ3v) is 4.01. The predicted molar refractivity (Wildman–Crippen MR) is 82.4 cm³/mol. The standard InChI is InChI=1S/C17H28N2/c1-15(2)8-9-18-10-12-19(13-11-18)14-17-6-4-16(3)5-7-17/h4-7,15H,8-14H2,1-3H3. The Labute approximate surface area is 118 Å². The van der Waals surface area contributed by atoms with Crippen LogP contribution in [0.3, 0.4) is 0 Å². The van der Waals surface area contributed by atoms with Gasteiger partial charge in [0.05, 0.1) is 0 Å². The van der Waals surface area contributed by atoms with E-state index in [0.717, 1.165) is 12.5 Å². The van der Waals surface area contributed by atoms with Crippen molar-refractivity contribution in [3.8, 4) is 0 Å². The minimum Gasteiger partial charge on any atom is -0.301 e. The van der Waals surface area contributed by atoms with Gasteiger partial charge >= 0.3 is 0 Å². The van der Waals surface area contributed by atoms with Crippen LogP contribution in [-0.4, -0.2) is 42.5 Å². The van der Waals surface area contributed by atoms with E-state index < -0.39 is 0 Å². The van der Waals surface area contributed by atoms with Gasteiger partial charge in [-0.3, -0.25) is 4.90 Å². The lowest BCUT2D eigenvalue weighted by atomic mass is 10.1. The number of aryl methyl sites for hydroxylation is 1. The van der Waals surface area contributed by atoms with Gasteiger partial charge in [0.15, 0.2) is 0 Å². The molecule has 0 radical (unpaired) electrons. The number of benzene rings is 1. The zero-order chi connectivity index (χ0) is 13.7. The molecule has 0 atom stereocenters. The summed E-state index contributed by atoms with van der Waals surface area (Å²) in [7, 11) is 0. The van der Waals surface area contributed by atoms with E-state index in [0.29, 0.717) is 0 Å². The maximum absolute atomic E-state index is 2.62. The van der Waals surface area contributed by atoms with Gasteiger partial charge in [0.25, 0.3) is 0 Å². The van der Waals surface area contributed by atoms with E-state index in [-0.39, 0.29) is 0 Å². The SMILES string of the molecule is Cc1ccc(CN2CCN(CCC(C)C)CC2)cc1. The van der Waals surface area contributed by atoms with Crippen molar-refractivity contribution in [3.63, 3.8) is 0 Å². The second-order valence-electron chi connectivity index (χ2n) is 6.29. The summed E-state index contributed by atoms with van der Waals surface area (Å²) in [5.74, 6) is 0.825. The van der Waals surface area contributed by atoms with Crippen molar-refractivity contribution in [3.05, 3.63) is 35.4 Å². The highest BCUT2D eigenvalue weighted by Crippen LogP contribution is 2.11. The average Bonchev–Trinajstić information content (AvgIpc) is 2.40. The van der Waals surface area contributed by atoms with Crippen molar-refractivity contribution in [1.29, 1.82) is 0 Å². The quantitative estimate of drug-likeness (QED) is 0.802. The highest BCUT2D eigenvalue weighted by Gasteiger charge is 2.16. The minimum absolute atomic E-state index is 0.825. The zero-order valence-electron chi connectivity index (χ0n) is 12.7. The summed E-state index contributed by atoms with van der Waals surface area (Å²) in [5.41, 5.74) is 2.79. The van der Waals surface area contributed by atoms with Crippen LogP contribution in [0.5, 0.6) is 0 Å². The number of piperazine rings is 1. The van der Waals surface area contributed by atoms with Crippen molar-refractivity contribution >= 4 is 0 Å². The highest BCUT2D eigenvalue weighted by molar-refractivity contribution is 5.21. The third kappa shape index (κ3) is 4.96. The molecule has 0 aromatic heterocycles. The normalized spacial score (nSPS) is 18.1. The predicted octanol–water partition coefficient (Wildman–Crippen LogP) is 3.16. The molecule has 1 heterocycles. The van der Waals surface area contributed by atoms with Crippen LogP contribution in [0.15, 0.2) is 24.3 Å². The van der Waals surface area contributed by atoms with Crippen LogP contribution in [0, 0.1) is 12.8 Å². The zero-order valence-corrected chi connectivity index (χ0v) is 12.7. The van der Waals surface area contributed by atoms with Gasteiger partial charge in [-0.15, -0.1) is 0 Å². The van der Waals surface area contributed by atoms with E-state index in [1.807, 2.05) is 0 Å². The number of hydrogen-bond donors (Lipinski definition) is 0. The summed E-state index contributed by atoms with van der Waals surface area (Å²) in [4.78, 5) is 5.20. The van der Waals surface area contributed by atoms with Crippen LogP contribution in [-0.2, 0) is 6.54 Å². The lowest BCUT2D eigenvalue weighted by molar-refractivity contribution is 0.123. The van der Waals surface area contributed by atoms with Crippen molar-refractivity contribution < 1.29 is 0 Å². The van der Waals surface area contributed by atoms with Crippen molar-refractivity contribution in [2.75, 3.05) is 32.7 Å². The molecule has 2 rings (SSSR count). The molecule has 106 valence electrons. The summed E-state index contributed by atoms with van der Waals surface area (Å²) in [6.45, 7) is 14.1. The van der Waals surface area contributed by atoms with Gasteiger partial charge in [0.2, 0.25) is 0 Å². The second kappa shape index (κ2) is 7.06. The Kier molecular flexibility index (Phi) is 5.41. The Bertz CT molecular complexity index is 361. The Morgan fingerprint density at radius 1 is 0.947 bits per heavy atom. The van der Waals surface area contributed by atoms with Crippen LogP contribution in [0.25, 0.3) is 0 Å². The van der Waals surface area contributed by atoms with Gasteiger partial charge in [-0.05, 0) is 31.4 Å². The minimum atomic E-state index is 0.825. The summed E-state index contributed by atoms with van der Waals surface area (Å²) in [6, 6.07) is 8.96. The molecular formula is C17H28N2. The first-order chi connectivity index (χ1) is 9.13. The molecule has 0 spiro atoms. The lowest BCUT2D eigenvalue weighted by Gasteiger charge is -2.35. The molecule has 0 unspecified atom stereocenters. The fraction of sp³-hybridized carbons (Fsp3) is 0.647. The fourth-order valence-electron chi connectivity index (χ4n) is 2.56. The Morgan fingerprint density at radius 2 is 1.53 bits per heavy atom. The summed E-state index contributed by atoms with van der Waals surface area (Å²) < 4.78 is 0. The van der Waals surface area contributed by atoms with Crippen LogP contribution >= 0.6 is 0 Å². The molecule has 1 aliphatic heterocycles. The molecule has 1 aromatic carbocycles. The summed E-state index contributed by atoms with van der Waals surface area (Å²) in [6.07, 6.45) is 1.33. The molecule has 19 heavy (non-hydrogen) atoms. The smallest absolute Gasteiger partial charge is 0.0234 e. The van der Waals surface area contributed by atoms with Crippen molar-refractivity contribution in [1.82, 2.24) is 9.80 Å². The van der Waals surface area contributed by atoms with E-state index in [1.165, 1.54) is 50.3 Å². The largest absolute Gasteiger partial charge is 0.301 e. The monoisotopic (exact) mass is 260 g/mol. The fourth-order valence-corrected chi connectivity index (χ4v) is 2.56. The molecule has 1 aromatic rings. The number of hydrogen-bond acceptors (Lipinski definition) is 2. The van der Waals surface area contributed by atoms with Gasteiger partial charge in [-0.2, -0.15) is 0 Å². The highest BCUT2D eigenvalue weighted by atomic mass is 15.3. The molecule has 1 fully saturated rings. The van der Waals surface area contributed by atoms with Gasteiger partial charge in [0, 0.05) is 32.7 Å². The summed E-state index contributed by atoms with van der Waals surface area (Å²) in [5, 5.41) is 0. The Morgan fingerprint density at radius 3 is 2.11 bits per heavy atom. The number of nitrogens with zero attached hydrogens (tertiary/aromatic N) is 2. The lowest BCUT2D eigenvalue weighted by Crippen LogP contribution is -2.46. The maximum Gasteiger partial charge on any atom is 0.0234 e. The second-order valence-corrected chi connectivity index (χ2v) is 6.29. The van der Waals surface area contributed by atoms with E-state index in [2.05, 4.69) is 54.8 Å². The molecular weight excluding hydrogens is 232 g/mol. The topological polar surface area (TPSA) is 6.48 Å². The van der Waals surface area contributed by atoms with Crippen molar-refractivity contribution in [2.45, 2.75) is 33.7 Å². The molecule has 0 saturated carbocycles. The molecule has 1 saturated heterocycles. The van der Waals surface area contributed by atoms with E-state index in [9.17, 15) is 0 Å². The van der Waals surface area contributed by atoms with Gasteiger partial charge in [-0.1, -0.05) is 43.7 Å². The van der Waals surface area contributed by atoms with Crippen molar-refractivity contribution in [2.24, 2.45) is 5.92 Å². The number of rotatable bonds is 5. The first kappa shape index (κ1) is 14.5. The van der Waals surface area contributed by atoms with E-state index in [1.54, 1.807) is 0 Å². The van der Waals surface area contributed by atoms with Crippen LogP contribution < -0.4 is 0 Å². The van der Waals surface area contributed by atoms with Crippen LogP contribution in [0.1, 0.15) is 31.4 Å². The van der Waals surface area contributed by atoms with Gasteiger partial charge in [0.1, 0.15) is 0 Å². The first-order valence-electron chi connectivity index (χ1n) is 7.64. The Balaban J connectivity index is 1.72. The van der Waals surface area contributed by atoms with E-state index in [4.69, 9.17) is 0 Å². The molecule has 2 heteroatoms. The molecule has 1 aliphatic rings. The molecule has 0 aliphatic carbocycles. The molecule has 2 nitrogen and oxygen atoms in total. The Hall–Kier alpha value is -0.860. The molecule has 0 amide bonds. The summed E-state index contributed by atoms with van der Waals surface area (Å²) >= 11 is 0. The van der Waals surface area contributed by atoms with Gasteiger partial charge in [-0.25, -0.2) is 0 Å². The molecule has 0 N–H and O–H groups in total. The third-order valence-electron chi connectivity index (χ3n) is 4.01. The maximum atomic E-state index is 2.62. The molecule has 0 bridgehead atoms. The van der Waals surface area contributed by atoms with Gasteiger partial charge < -0.3 is 4.90 Å². The first-order valence-corrected chi connectivity index (χ1v) is 7.64. The van der Waals surface area contributed by atoms with Crippen LogP contribution in [0.2, 0.25) is 0 Å². The van der Waals surface area contributed by atoms with Crippen LogP contribution in [0.4, 0.5) is 0 Å². The average molecular weight is 260 g/mol. The van der Waals surface area contributed by atoms with E-state index >= 15 is 0 Å².